The number of carbonyl (C=O) groups is 1. The van der Waals surface area contributed by atoms with Crippen LogP contribution in [0.3, 0.4) is 0 Å². The average molecular weight is 444 g/mol. The second-order valence-corrected chi connectivity index (χ2v) is 9.18. The van der Waals surface area contributed by atoms with E-state index in [1.807, 2.05) is 24.3 Å². The molecule has 30 heavy (non-hydrogen) atoms. The number of anilines is 1. The lowest BCUT2D eigenvalue weighted by molar-refractivity contribution is 0.0698. The third kappa shape index (κ3) is 3.99. The summed E-state index contributed by atoms with van der Waals surface area (Å²) in [5, 5.41) is 10.1. The molecular weight excluding hydrogens is 426 g/mol. The van der Waals surface area contributed by atoms with Crippen molar-refractivity contribution < 1.29 is 23.1 Å². The number of hydrogen-bond donors (Lipinski definition) is 2. The molecule has 0 spiro atoms. The number of halogens is 1. The van der Waals surface area contributed by atoms with Crippen molar-refractivity contribution in [1.82, 2.24) is 0 Å². The van der Waals surface area contributed by atoms with Crippen molar-refractivity contribution >= 4 is 33.3 Å². The van der Waals surface area contributed by atoms with E-state index in [0.717, 1.165) is 40.7 Å². The van der Waals surface area contributed by atoms with Crippen LogP contribution in [0.1, 0.15) is 15.9 Å². The number of carboxylic acid groups (broad SMARTS) is 1. The Morgan fingerprint density at radius 1 is 1.10 bits per heavy atom. The minimum Gasteiger partial charge on any atom is -0.493 e. The van der Waals surface area contributed by atoms with Gasteiger partial charge in [-0.1, -0.05) is 35.9 Å². The van der Waals surface area contributed by atoms with Gasteiger partial charge in [-0.25, -0.2) is 13.2 Å². The van der Waals surface area contributed by atoms with Crippen molar-refractivity contribution in [2.45, 2.75) is 6.42 Å². The molecule has 3 aromatic rings. The van der Waals surface area contributed by atoms with Crippen LogP contribution in [0.4, 0.5) is 5.69 Å². The first-order chi connectivity index (χ1) is 14.2. The van der Waals surface area contributed by atoms with Gasteiger partial charge in [-0.2, -0.15) is 0 Å². The molecule has 154 valence electrons. The van der Waals surface area contributed by atoms with Crippen molar-refractivity contribution in [3.63, 3.8) is 0 Å². The summed E-state index contributed by atoms with van der Waals surface area (Å²) in [5.41, 5.74) is 3.98. The van der Waals surface area contributed by atoms with E-state index in [1.54, 1.807) is 18.2 Å². The largest absolute Gasteiger partial charge is 0.493 e. The number of benzene rings is 3. The first-order valence-corrected chi connectivity index (χ1v) is 11.4. The predicted molar refractivity (Wildman–Crippen MR) is 117 cm³/mol. The Morgan fingerprint density at radius 2 is 1.87 bits per heavy atom. The lowest BCUT2D eigenvalue weighted by Gasteiger charge is -2.15. The molecule has 0 amide bonds. The Labute approximate surface area is 179 Å². The molecule has 0 aliphatic carbocycles. The number of aromatic carboxylic acids is 1. The second-order valence-electron chi connectivity index (χ2n) is 7.02. The van der Waals surface area contributed by atoms with Crippen LogP contribution in [0.15, 0.2) is 54.6 Å². The molecule has 4 rings (SSSR count). The lowest BCUT2D eigenvalue weighted by atomic mass is 9.92. The molecule has 3 aromatic carbocycles. The molecule has 1 aliphatic heterocycles. The SMILES string of the molecule is CS(=O)(=O)Nc1ccc(-c2cccc(Cl)c2-c2ccc3c(c2)CCO3)cc1C(=O)O. The van der Waals surface area contributed by atoms with E-state index in [9.17, 15) is 18.3 Å². The molecule has 0 fully saturated rings. The van der Waals surface area contributed by atoms with Crippen LogP contribution >= 0.6 is 11.6 Å². The van der Waals surface area contributed by atoms with Crippen molar-refractivity contribution in [1.29, 1.82) is 0 Å². The van der Waals surface area contributed by atoms with Crippen molar-refractivity contribution in [3.05, 3.63) is 70.7 Å². The van der Waals surface area contributed by atoms with E-state index in [4.69, 9.17) is 16.3 Å². The zero-order chi connectivity index (χ0) is 21.5. The highest BCUT2D eigenvalue weighted by Crippen LogP contribution is 2.40. The Balaban J connectivity index is 1.87. The maximum absolute atomic E-state index is 11.8. The molecule has 1 heterocycles. The number of fused-ring (bicyclic) bond motifs is 1. The number of ether oxygens (including phenoxy) is 1. The quantitative estimate of drug-likeness (QED) is 0.597. The summed E-state index contributed by atoms with van der Waals surface area (Å²) in [7, 11) is -3.62. The summed E-state index contributed by atoms with van der Waals surface area (Å²) < 4.78 is 31.0. The fourth-order valence-corrected chi connectivity index (χ4v) is 4.44. The highest BCUT2D eigenvalue weighted by molar-refractivity contribution is 7.92. The van der Waals surface area contributed by atoms with Gasteiger partial charge in [-0.3, -0.25) is 4.72 Å². The molecule has 8 heteroatoms. The van der Waals surface area contributed by atoms with Gasteiger partial charge in [-0.15, -0.1) is 0 Å². The van der Waals surface area contributed by atoms with Crippen molar-refractivity contribution in [2.75, 3.05) is 17.6 Å². The van der Waals surface area contributed by atoms with Gasteiger partial charge in [0.25, 0.3) is 0 Å². The highest BCUT2D eigenvalue weighted by atomic mass is 35.5. The Bertz CT molecular complexity index is 1270. The zero-order valence-corrected chi connectivity index (χ0v) is 17.5. The summed E-state index contributed by atoms with van der Waals surface area (Å²) in [6, 6.07) is 15.9. The molecule has 2 N–H and O–H groups in total. The number of hydrogen-bond acceptors (Lipinski definition) is 4. The van der Waals surface area contributed by atoms with E-state index in [-0.39, 0.29) is 11.3 Å². The molecule has 0 atom stereocenters. The molecule has 0 unspecified atom stereocenters. The average Bonchev–Trinajstić information content (AvgIpc) is 3.14. The minimum absolute atomic E-state index is 0.00649. The molecule has 1 aliphatic rings. The van der Waals surface area contributed by atoms with Crippen LogP contribution in [0.5, 0.6) is 5.75 Å². The van der Waals surface area contributed by atoms with E-state index < -0.39 is 16.0 Å². The summed E-state index contributed by atoms with van der Waals surface area (Å²) in [5.74, 6) is -0.377. The monoisotopic (exact) mass is 443 g/mol. The standard InChI is InChI=1S/C22H18ClNO5S/c1-30(27,28)24-19-7-5-13(12-17(19)22(25)26)16-3-2-4-18(23)21(16)15-6-8-20-14(11-15)9-10-29-20/h2-8,11-12,24H,9-10H2,1H3,(H,25,26). The third-order valence-corrected chi connectivity index (χ3v) is 5.75. The smallest absolute Gasteiger partial charge is 0.337 e. The van der Waals surface area contributed by atoms with E-state index in [2.05, 4.69) is 4.72 Å². The molecule has 0 saturated heterocycles. The van der Waals surface area contributed by atoms with Crippen LogP contribution in [0.25, 0.3) is 22.3 Å². The molecule has 0 bridgehead atoms. The van der Waals surface area contributed by atoms with Crippen LogP contribution in [-0.2, 0) is 16.4 Å². The zero-order valence-electron chi connectivity index (χ0n) is 16.0. The molecule has 0 aromatic heterocycles. The van der Waals surface area contributed by atoms with Crippen molar-refractivity contribution in [3.8, 4) is 28.0 Å². The summed E-state index contributed by atoms with van der Waals surface area (Å²) in [6.45, 7) is 0.644. The van der Waals surface area contributed by atoms with Gasteiger partial charge < -0.3 is 9.84 Å². The summed E-state index contributed by atoms with van der Waals surface area (Å²) in [4.78, 5) is 11.8. The Morgan fingerprint density at radius 3 is 2.60 bits per heavy atom. The van der Waals surface area contributed by atoms with Gasteiger partial charge in [0.05, 0.1) is 24.1 Å². The third-order valence-electron chi connectivity index (χ3n) is 4.85. The molecule has 6 nitrogen and oxygen atoms in total. The number of nitrogens with one attached hydrogen (secondary N) is 1. The normalized spacial score (nSPS) is 12.9. The summed E-state index contributed by atoms with van der Waals surface area (Å²) >= 11 is 6.55. The van der Waals surface area contributed by atoms with E-state index in [0.29, 0.717) is 17.2 Å². The molecular formula is C22H18ClNO5S. The Kier molecular flexibility index (Phi) is 5.17. The van der Waals surface area contributed by atoms with Crippen LogP contribution < -0.4 is 9.46 Å². The predicted octanol–water partition coefficient (Wildman–Crippen LogP) is 4.68. The first-order valence-electron chi connectivity index (χ1n) is 9.13. The van der Waals surface area contributed by atoms with Gasteiger partial charge in [0.2, 0.25) is 10.0 Å². The van der Waals surface area contributed by atoms with Gasteiger partial charge in [-0.05, 0) is 52.6 Å². The molecule has 0 radical (unpaired) electrons. The van der Waals surface area contributed by atoms with E-state index >= 15 is 0 Å². The first kappa shape index (κ1) is 20.3. The number of carboxylic acids is 1. The number of rotatable bonds is 5. The topological polar surface area (TPSA) is 92.7 Å². The molecule has 0 saturated carbocycles. The fraction of sp³-hybridized carbons (Fsp3) is 0.136. The van der Waals surface area contributed by atoms with Crippen molar-refractivity contribution in [2.24, 2.45) is 0 Å². The maximum atomic E-state index is 11.8. The van der Waals surface area contributed by atoms with Gasteiger partial charge in [0.1, 0.15) is 5.75 Å². The van der Waals surface area contributed by atoms with Crippen LogP contribution in [0, 0.1) is 0 Å². The van der Waals surface area contributed by atoms with Crippen LogP contribution in [-0.4, -0.2) is 32.4 Å². The van der Waals surface area contributed by atoms with Gasteiger partial charge in [0, 0.05) is 17.0 Å². The maximum Gasteiger partial charge on any atom is 0.337 e. The number of sulfonamides is 1. The van der Waals surface area contributed by atoms with Gasteiger partial charge in [0.15, 0.2) is 0 Å². The second kappa shape index (κ2) is 7.66. The fourth-order valence-electron chi connectivity index (χ4n) is 3.58. The van der Waals surface area contributed by atoms with Gasteiger partial charge >= 0.3 is 5.97 Å². The minimum atomic E-state index is -3.62. The Hall–Kier alpha value is -3.03. The summed E-state index contributed by atoms with van der Waals surface area (Å²) in [6.07, 6.45) is 1.79. The van der Waals surface area contributed by atoms with E-state index in [1.165, 1.54) is 12.1 Å². The highest BCUT2D eigenvalue weighted by Gasteiger charge is 2.19. The lowest BCUT2D eigenvalue weighted by Crippen LogP contribution is -2.13. The van der Waals surface area contributed by atoms with Crippen LogP contribution in [0.2, 0.25) is 5.02 Å².